The van der Waals surface area contributed by atoms with Crippen molar-refractivity contribution in [1.82, 2.24) is 9.88 Å². The maximum Gasteiger partial charge on any atom is 0.233 e. The topological polar surface area (TPSA) is 33.2 Å². The highest BCUT2D eigenvalue weighted by atomic mass is 32.2. The van der Waals surface area contributed by atoms with Crippen LogP contribution in [0.15, 0.2) is 42.7 Å². The number of benzene rings is 1. The molecule has 1 aromatic heterocycles. The number of carbonyl (C=O) groups is 1. The number of halogens is 1. The Kier molecular flexibility index (Phi) is 4.66. The van der Waals surface area contributed by atoms with E-state index in [1.807, 2.05) is 17.2 Å². The highest BCUT2D eigenvalue weighted by molar-refractivity contribution is 8.00. The molecule has 0 aliphatic carbocycles. The predicted octanol–water partition coefficient (Wildman–Crippen LogP) is 4.12. The molecule has 3 nitrogen and oxygen atoms in total. The van der Waals surface area contributed by atoms with Crippen LogP contribution in [-0.4, -0.2) is 28.1 Å². The molecular weight excluding hydrogens is 311 g/mol. The lowest BCUT2D eigenvalue weighted by Crippen LogP contribution is -2.31. The summed E-state index contributed by atoms with van der Waals surface area (Å²) in [5, 5.41) is -0.0290. The molecule has 3 rings (SSSR count). The van der Waals surface area contributed by atoms with Crippen molar-refractivity contribution in [3.05, 3.63) is 54.1 Å². The second-order valence-electron chi connectivity index (χ2n) is 6.07. The highest BCUT2D eigenvalue weighted by Crippen LogP contribution is 2.42. The Hall–Kier alpha value is -1.88. The van der Waals surface area contributed by atoms with Gasteiger partial charge in [-0.1, -0.05) is 26.0 Å². The van der Waals surface area contributed by atoms with Crippen molar-refractivity contribution in [2.45, 2.75) is 19.2 Å². The van der Waals surface area contributed by atoms with Crippen molar-refractivity contribution >= 4 is 17.7 Å². The second kappa shape index (κ2) is 6.71. The van der Waals surface area contributed by atoms with Crippen LogP contribution in [0.2, 0.25) is 0 Å². The van der Waals surface area contributed by atoms with E-state index in [9.17, 15) is 9.18 Å². The first-order valence-electron chi connectivity index (χ1n) is 7.67. The Morgan fingerprint density at radius 2 is 2.04 bits per heavy atom. The van der Waals surface area contributed by atoms with Crippen LogP contribution in [0.5, 0.6) is 0 Å². The molecule has 1 aliphatic rings. The van der Waals surface area contributed by atoms with E-state index < -0.39 is 0 Å². The van der Waals surface area contributed by atoms with Crippen molar-refractivity contribution < 1.29 is 9.18 Å². The van der Waals surface area contributed by atoms with Gasteiger partial charge in [-0.2, -0.15) is 0 Å². The van der Waals surface area contributed by atoms with Gasteiger partial charge in [0.15, 0.2) is 0 Å². The first-order valence-corrected chi connectivity index (χ1v) is 8.72. The minimum Gasteiger partial charge on any atom is -0.325 e. The van der Waals surface area contributed by atoms with Gasteiger partial charge >= 0.3 is 0 Å². The Labute approximate surface area is 139 Å². The number of nitrogens with zero attached hydrogens (tertiary/aromatic N) is 2. The molecule has 0 bridgehead atoms. The zero-order valence-electron chi connectivity index (χ0n) is 13.2. The number of carbonyl (C=O) groups excluding carboxylic acids is 1. The second-order valence-corrected chi connectivity index (χ2v) is 7.14. The Balaban J connectivity index is 1.99. The fraction of sp³-hybridized carbons (Fsp3) is 0.333. The number of pyridine rings is 1. The maximum atomic E-state index is 13.2. The largest absolute Gasteiger partial charge is 0.325 e. The summed E-state index contributed by atoms with van der Waals surface area (Å²) in [7, 11) is 0. The fourth-order valence-corrected chi connectivity index (χ4v) is 4.02. The van der Waals surface area contributed by atoms with E-state index in [1.54, 1.807) is 30.1 Å². The molecule has 1 amide bonds. The van der Waals surface area contributed by atoms with Gasteiger partial charge in [0.2, 0.25) is 5.91 Å². The van der Waals surface area contributed by atoms with Crippen molar-refractivity contribution in [2.24, 2.45) is 5.92 Å². The van der Waals surface area contributed by atoms with Gasteiger partial charge in [-0.3, -0.25) is 9.78 Å². The average molecular weight is 330 g/mol. The van der Waals surface area contributed by atoms with E-state index in [1.165, 1.54) is 12.1 Å². The van der Waals surface area contributed by atoms with Crippen LogP contribution in [-0.2, 0) is 4.79 Å². The quantitative estimate of drug-likeness (QED) is 0.845. The van der Waals surface area contributed by atoms with Crippen molar-refractivity contribution in [2.75, 3.05) is 12.3 Å². The summed E-state index contributed by atoms with van der Waals surface area (Å²) in [4.78, 5) is 18.4. The van der Waals surface area contributed by atoms with Crippen molar-refractivity contribution in [3.8, 4) is 11.1 Å². The number of rotatable bonds is 4. The van der Waals surface area contributed by atoms with Crippen LogP contribution in [0.3, 0.4) is 0 Å². The lowest BCUT2D eigenvalue weighted by Gasteiger charge is -2.27. The van der Waals surface area contributed by atoms with Gasteiger partial charge in [-0.25, -0.2) is 4.39 Å². The van der Waals surface area contributed by atoms with Crippen LogP contribution in [0.4, 0.5) is 4.39 Å². The molecule has 23 heavy (non-hydrogen) atoms. The third kappa shape index (κ3) is 3.39. The van der Waals surface area contributed by atoms with E-state index in [0.29, 0.717) is 11.7 Å². The highest BCUT2D eigenvalue weighted by Gasteiger charge is 2.34. The molecule has 1 fully saturated rings. The van der Waals surface area contributed by atoms with Crippen LogP contribution in [0.25, 0.3) is 11.1 Å². The van der Waals surface area contributed by atoms with Gasteiger partial charge in [0.25, 0.3) is 0 Å². The summed E-state index contributed by atoms with van der Waals surface area (Å²) < 4.78 is 13.2. The molecule has 5 heteroatoms. The van der Waals surface area contributed by atoms with Crippen LogP contribution >= 0.6 is 11.8 Å². The number of hydrogen-bond donors (Lipinski definition) is 0. The van der Waals surface area contributed by atoms with Crippen molar-refractivity contribution in [1.29, 1.82) is 0 Å². The zero-order chi connectivity index (χ0) is 16.4. The summed E-state index contributed by atoms with van der Waals surface area (Å²) in [5.41, 5.74) is 2.95. The predicted molar refractivity (Wildman–Crippen MR) is 91.4 cm³/mol. The molecule has 1 unspecified atom stereocenters. The summed E-state index contributed by atoms with van der Waals surface area (Å²) in [5.74, 6) is 0.819. The van der Waals surface area contributed by atoms with Crippen LogP contribution in [0, 0.1) is 11.7 Å². The van der Waals surface area contributed by atoms with E-state index >= 15 is 0 Å². The Morgan fingerprint density at radius 1 is 1.30 bits per heavy atom. The Bertz CT molecular complexity index is 702. The molecule has 0 saturated carbocycles. The number of aromatic nitrogens is 1. The lowest BCUT2D eigenvalue weighted by atomic mass is 10.0. The van der Waals surface area contributed by atoms with Crippen molar-refractivity contribution in [3.63, 3.8) is 0 Å². The third-order valence-electron chi connectivity index (χ3n) is 3.80. The number of thioether (sulfide) groups is 1. The Morgan fingerprint density at radius 3 is 2.74 bits per heavy atom. The molecule has 2 aromatic rings. The van der Waals surface area contributed by atoms with E-state index in [-0.39, 0.29) is 17.1 Å². The van der Waals surface area contributed by atoms with Gasteiger partial charge in [-0.15, -0.1) is 11.8 Å². The first kappa shape index (κ1) is 16.0. The molecule has 1 saturated heterocycles. The third-order valence-corrected chi connectivity index (χ3v) is 5.04. The SMILES string of the molecule is CC(C)CN1C(=O)CSC1c1cnccc1-c1ccc(F)cc1. The van der Waals surface area contributed by atoms with Gasteiger partial charge in [0.05, 0.1) is 5.75 Å². The molecule has 120 valence electrons. The lowest BCUT2D eigenvalue weighted by molar-refractivity contribution is -0.128. The molecule has 1 aliphatic heterocycles. The summed E-state index contributed by atoms with van der Waals surface area (Å²) in [6.45, 7) is 4.95. The number of amides is 1. The molecule has 0 spiro atoms. The van der Waals surface area contributed by atoms with E-state index in [2.05, 4.69) is 18.8 Å². The van der Waals surface area contributed by atoms with Crippen LogP contribution in [0.1, 0.15) is 24.8 Å². The van der Waals surface area contributed by atoms with Gasteiger partial charge in [0, 0.05) is 24.5 Å². The monoisotopic (exact) mass is 330 g/mol. The van der Waals surface area contributed by atoms with Crippen LogP contribution < -0.4 is 0 Å². The summed E-state index contributed by atoms with van der Waals surface area (Å²) in [6.07, 6.45) is 3.55. The zero-order valence-corrected chi connectivity index (χ0v) is 14.0. The van der Waals surface area contributed by atoms with E-state index in [4.69, 9.17) is 0 Å². The smallest absolute Gasteiger partial charge is 0.233 e. The van der Waals surface area contributed by atoms with Gasteiger partial charge < -0.3 is 4.90 Å². The summed E-state index contributed by atoms with van der Waals surface area (Å²) >= 11 is 1.63. The maximum absolute atomic E-state index is 13.2. The van der Waals surface area contributed by atoms with E-state index in [0.717, 1.165) is 23.2 Å². The molecule has 1 atom stereocenters. The summed E-state index contributed by atoms with van der Waals surface area (Å²) in [6, 6.07) is 8.38. The van der Waals surface area contributed by atoms with Gasteiger partial charge in [0.1, 0.15) is 11.2 Å². The minimum atomic E-state index is -0.254. The van der Waals surface area contributed by atoms with Gasteiger partial charge in [-0.05, 0) is 35.2 Å². The molecular formula is C18H19FN2OS. The average Bonchev–Trinajstić information content (AvgIpc) is 2.88. The standard InChI is InChI=1S/C18H19FN2OS/c1-12(2)10-21-17(22)11-23-18(21)16-9-20-8-7-15(16)13-3-5-14(19)6-4-13/h3-9,12,18H,10-11H2,1-2H3. The molecule has 0 N–H and O–H groups in total. The molecule has 1 aromatic carbocycles. The normalized spacial score (nSPS) is 18.0. The number of hydrogen-bond acceptors (Lipinski definition) is 3. The first-order chi connectivity index (χ1) is 11.1. The molecule has 2 heterocycles. The molecule has 0 radical (unpaired) electrons. The minimum absolute atomic E-state index is 0.0290. The fourth-order valence-electron chi connectivity index (χ4n) is 2.80.